The number of rotatable bonds is 15. The Labute approximate surface area is 439 Å². The first-order chi connectivity index (χ1) is 37.0. The Bertz CT molecular complexity index is 3070. The van der Waals surface area contributed by atoms with E-state index < -0.39 is 77.3 Å². The molecule has 4 aliphatic rings. The smallest absolute Gasteiger partial charge is 0.421 e. The van der Waals surface area contributed by atoms with Gasteiger partial charge < -0.3 is 47.9 Å². The van der Waals surface area contributed by atoms with Crippen LogP contribution in [-0.4, -0.2) is 125 Å². The number of anilines is 1. The predicted molar refractivity (Wildman–Crippen MR) is 272 cm³/mol. The molecule has 18 heteroatoms. The lowest BCUT2D eigenvalue weighted by molar-refractivity contribution is -0.179. The van der Waals surface area contributed by atoms with Crippen LogP contribution in [0.15, 0.2) is 115 Å². The fraction of sp³-hybridized carbons (Fsp3) is 0.345. The van der Waals surface area contributed by atoms with Gasteiger partial charge in [-0.1, -0.05) is 90.7 Å². The monoisotopic (exact) mass is 1040 g/mol. The summed E-state index contributed by atoms with van der Waals surface area (Å²) in [4.78, 5) is 93.7. The van der Waals surface area contributed by atoms with Gasteiger partial charge in [0.05, 0.1) is 65.3 Å². The number of amides is 3. The van der Waals surface area contributed by atoms with E-state index in [0.29, 0.717) is 34.6 Å². The van der Waals surface area contributed by atoms with Crippen LogP contribution in [0.25, 0.3) is 0 Å². The van der Waals surface area contributed by atoms with Gasteiger partial charge in [0.1, 0.15) is 36.5 Å². The largest absolute Gasteiger partial charge is 0.493 e. The molecule has 6 atom stereocenters. The van der Waals surface area contributed by atoms with Gasteiger partial charge in [-0.05, 0) is 70.6 Å². The first kappa shape index (κ1) is 52.6. The van der Waals surface area contributed by atoms with E-state index in [0.717, 1.165) is 30.2 Å². The van der Waals surface area contributed by atoms with Crippen LogP contribution in [0.1, 0.15) is 63.6 Å². The Morgan fingerprint density at radius 2 is 1.41 bits per heavy atom. The number of para-hydroxylation sites is 1. The summed E-state index contributed by atoms with van der Waals surface area (Å²) in [5, 5.41) is 10.2. The summed E-state index contributed by atoms with van der Waals surface area (Å²) in [6.07, 6.45) is -2.04. The molecule has 2 saturated heterocycles. The predicted octanol–water partition coefficient (Wildman–Crippen LogP) is 5.81. The van der Waals surface area contributed by atoms with Gasteiger partial charge in [0.2, 0.25) is 11.8 Å². The van der Waals surface area contributed by atoms with Crippen LogP contribution in [0.4, 0.5) is 10.5 Å². The number of methoxy groups -OCH3 is 5. The van der Waals surface area contributed by atoms with Crippen molar-refractivity contribution >= 4 is 41.5 Å². The highest BCUT2D eigenvalue weighted by Crippen LogP contribution is 2.67. The Balaban J connectivity index is 1.36. The number of benzene rings is 5. The van der Waals surface area contributed by atoms with E-state index in [-0.39, 0.29) is 68.5 Å². The normalized spacial score (nSPS) is 21.4. The zero-order valence-corrected chi connectivity index (χ0v) is 42.6. The summed E-state index contributed by atoms with van der Waals surface area (Å²) in [6, 6.07) is 30.0. The molecule has 1 N–H and O–H groups in total. The molecule has 3 amide bonds. The fourth-order valence-corrected chi connectivity index (χ4v) is 11.3. The van der Waals surface area contributed by atoms with E-state index in [4.69, 9.17) is 37.9 Å². The lowest BCUT2D eigenvalue weighted by Crippen LogP contribution is -2.57. The van der Waals surface area contributed by atoms with Crippen molar-refractivity contribution in [3.05, 3.63) is 154 Å². The Hall–Kier alpha value is -8.24. The number of ether oxygens (including phenoxy) is 8. The van der Waals surface area contributed by atoms with Gasteiger partial charge in [-0.2, -0.15) is 0 Å². The van der Waals surface area contributed by atoms with Gasteiger partial charge in [0.25, 0.3) is 0 Å². The van der Waals surface area contributed by atoms with E-state index in [1.807, 2.05) is 71.6 Å². The number of aliphatic hydroxyl groups is 1. The lowest BCUT2D eigenvalue weighted by atomic mass is 9.64. The maximum atomic E-state index is 16.8. The third kappa shape index (κ3) is 9.35. The molecule has 76 heavy (non-hydrogen) atoms. The van der Waals surface area contributed by atoms with Crippen molar-refractivity contribution in [2.45, 2.75) is 49.0 Å². The number of fused-ring (bicyclic) bond motifs is 4. The molecular formula is C58H57N3O15. The molecule has 4 heterocycles. The quantitative estimate of drug-likeness (QED) is 0.0432. The summed E-state index contributed by atoms with van der Waals surface area (Å²) >= 11 is 0. The molecule has 0 bridgehead atoms. The van der Waals surface area contributed by atoms with Gasteiger partial charge in [-0.3, -0.25) is 28.9 Å². The molecule has 2 fully saturated rings. The van der Waals surface area contributed by atoms with Crippen LogP contribution in [0.3, 0.4) is 0 Å². The first-order valence-electron chi connectivity index (χ1n) is 24.7. The van der Waals surface area contributed by atoms with E-state index in [2.05, 4.69) is 11.8 Å². The van der Waals surface area contributed by atoms with Crippen LogP contribution in [0.2, 0.25) is 0 Å². The minimum atomic E-state index is -2.23. The number of cyclic esters (lactones) is 1. The van der Waals surface area contributed by atoms with Gasteiger partial charge >= 0.3 is 24.0 Å². The second-order valence-corrected chi connectivity index (χ2v) is 18.4. The summed E-state index contributed by atoms with van der Waals surface area (Å²) < 4.78 is 45.0. The van der Waals surface area contributed by atoms with Crippen molar-refractivity contribution in [2.24, 2.45) is 11.8 Å². The van der Waals surface area contributed by atoms with Crippen LogP contribution in [0.5, 0.6) is 17.2 Å². The van der Waals surface area contributed by atoms with E-state index >= 15 is 14.4 Å². The van der Waals surface area contributed by atoms with Gasteiger partial charge in [-0.25, -0.2) is 9.69 Å². The molecule has 9 rings (SSSR count). The molecule has 0 saturated carbocycles. The number of imide groups is 1. The second kappa shape index (κ2) is 22.7. The summed E-state index contributed by atoms with van der Waals surface area (Å²) in [7, 11) is 6.77. The highest BCUT2D eigenvalue weighted by Gasteiger charge is 2.76. The molecule has 4 aliphatic heterocycles. The molecule has 5 aromatic rings. The minimum absolute atomic E-state index is 0.00777. The molecule has 0 aromatic heterocycles. The average molecular weight is 1040 g/mol. The summed E-state index contributed by atoms with van der Waals surface area (Å²) in [5.41, 5.74) is 1.51. The molecule has 0 radical (unpaired) electrons. The molecule has 18 nitrogen and oxygen atoms in total. The van der Waals surface area contributed by atoms with Crippen molar-refractivity contribution in [2.75, 3.05) is 73.4 Å². The summed E-state index contributed by atoms with van der Waals surface area (Å²) in [5.74, 6) is 0.0603. The third-order valence-corrected chi connectivity index (χ3v) is 14.5. The lowest BCUT2D eigenvalue weighted by Gasteiger charge is -2.46. The van der Waals surface area contributed by atoms with Crippen LogP contribution in [-0.2, 0) is 66.0 Å². The van der Waals surface area contributed by atoms with Crippen molar-refractivity contribution in [1.29, 1.82) is 0 Å². The number of hydrogen-bond acceptors (Lipinski definition) is 16. The minimum Gasteiger partial charge on any atom is -0.493 e. The number of hydrogen-bond donors (Lipinski definition) is 1. The van der Waals surface area contributed by atoms with Crippen LogP contribution >= 0.6 is 0 Å². The highest BCUT2D eigenvalue weighted by atomic mass is 16.6. The van der Waals surface area contributed by atoms with Crippen molar-refractivity contribution in [3.8, 4) is 29.1 Å². The van der Waals surface area contributed by atoms with Gasteiger partial charge in [0, 0.05) is 37.7 Å². The maximum absolute atomic E-state index is 16.8. The SMILES string of the molecule is COCCOC(=O)N1C(=O)[C@@]2(c3cc(C#CCC(C(=O)OC)C(=O)OC)ccc31)[C@H](c1ccccc1OCCO)N1[C@H](c3ccccc3)[C@H](c3ccccc3)OC(=O)[C@H]1[C@@H]2C(=O)N1CCc2cc(OC)c(OC)cc2C1. The molecule has 0 unspecified atom stereocenters. The maximum Gasteiger partial charge on any atom is 0.421 e. The number of morpholine rings is 1. The van der Waals surface area contributed by atoms with Crippen LogP contribution < -0.4 is 19.1 Å². The molecule has 5 aromatic carbocycles. The number of carbonyl (C=O) groups excluding carboxylic acids is 6. The first-order valence-corrected chi connectivity index (χ1v) is 24.7. The topological polar surface area (TPSA) is 206 Å². The summed E-state index contributed by atoms with van der Waals surface area (Å²) in [6.45, 7) is -0.601. The number of nitrogens with zero attached hydrogens (tertiary/aromatic N) is 3. The zero-order valence-electron chi connectivity index (χ0n) is 42.6. The Morgan fingerprint density at radius 3 is 2.07 bits per heavy atom. The Kier molecular flexibility index (Phi) is 15.7. The van der Waals surface area contributed by atoms with E-state index in [9.17, 15) is 19.5 Å². The van der Waals surface area contributed by atoms with Gasteiger partial charge in [0.15, 0.2) is 17.4 Å². The fourth-order valence-electron chi connectivity index (χ4n) is 11.3. The third-order valence-electron chi connectivity index (χ3n) is 14.5. The number of esters is 3. The van der Waals surface area contributed by atoms with E-state index in [1.165, 1.54) is 27.4 Å². The van der Waals surface area contributed by atoms with Crippen molar-refractivity contribution in [1.82, 2.24) is 9.80 Å². The zero-order chi connectivity index (χ0) is 53.7. The Morgan fingerprint density at radius 1 is 0.750 bits per heavy atom. The number of aliphatic hydroxyl groups excluding tert-OH is 1. The van der Waals surface area contributed by atoms with Gasteiger partial charge in [-0.15, -0.1) is 0 Å². The average Bonchev–Trinajstić information content (AvgIpc) is 4.12. The standard InChI is InChI=1S/C58H57N3O15/c1-69-29-30-75-57(68)60-43-24-23-35(15-14-21-41(53(64)72-4)54(65)73-5)31-42(43)58(56(60)67)47(52(63)59-26-25-38-32-45(70-2)46(71-3)33-39(38)34-59)49-55(66)76-50(37-18-10-7-11-19-37)48(36-16-8-6-9-17-36)61(49)51(58)40-20-12-13-22-44(40)74-28-27-62/h6-13,16-20,22-24,31-33,41,47-51,62H,21,25-30,34H2,1-5H3/t47-,48-,49-,50+,51+,58-/m1/s1. The highest BCUT2D eigenvalue weighted by molar-refractivity contribution is 6.23. The van der Waals surface area contributed by atoms with Crippen molar-refractivity contribution < 1.29 is 71.8 Å². The van der Waals surface area contributed by atoms with E-state index in [1.54, 1.807) is 47.4 Å². The second-order valence-electron chi connectivity index (χ2n) is 18.4. The number of carbonyl (C=O) groups is 6. The molecule has 394 valence electrons. The van der Waals surface area contributed by atoms with Crippen molar-refractivity contribution in [3.63, 3.8) is 0 Å². The molecule has 0 aliphatic carbocycles. The molecule has 1 spiro atoms. The van der Waals surface area contributed by atoms with Crippen LogP contribution in [0, 0.1) is 23.7 Å². The molecular weight excluding hydrogens is 979 g/mol.